The summed E-state index contributed by atoms with van der Waals surface area (Å²) in [5.41, 5.74) is 3.08. The van der Waals surface area contributed by atoms with Crippen LogP contribution in [0.3, 0.4) is 0 Å². The van der Waals surface area contributed by atoms with Crippen LogP contribution in [0.5, 0.6) is 0 Å². The molecular formula is C20H18Cl2N4O3. The third kappa shape index (κ3) is 3.51. The van der Waals surface area contributed by atoms with Gasteiger partial charge in [0.1, 0.15) is 17.4 Å². The van der Waals surface area contributed by atoms with Crippen molar-refractivity contribution in [2.75, 3.05) is 20.8 Å². The molecule has 150 valence electrons. The zero-order chi connectivity index (χ0) is 20.5. The molecule has 3 aromatic rings. The molecule has 1 aromatic carbocycles. The number of nitrogens with zero attached hydrogens (tertiary/aromatic N) is 3. The number of carbonyl (C=O) groups excluding carboxylic acids is 1. The van der Waals surface area contributed by atoms with Crippen molar-refractivity contribution >= 4 is 29.1 Å². The second-order valence-electron chi connectivity index (χ2n) is 6.50. The molecule has 3 heterocycles. The number of halogens is 2. The minimum atomic E-state index is -0.579. The van der Waals surface area contributed by atoms with E-state index >= 15 is 0 Å². The Labute approximate surface area is 177 Å². The average Bonchev–Trinajstić information content (AvgIpc) is 3.26. The number of fused-ring (bicyclic) bond motifs is 1. The molecule has 1 aliphatic rings. The smallest absolute Gasteiger partial charge is 0.273 e. The van der Waals surface area contributed by atoms with Crippen molar-refractivity contribution in [2.24, 2.45) is 0 Å². The summed E-state index contributed by atoms with van der Waals surface area (Å²) in [6.45, 7) is 0.226. The number of rotatable bonds is 6. The maximum absolute atomic E-state index is 13.2. The van der Waals surface area contributed by atoms with Crippen molar-refractivity contribution in [3.63, 3.8) is 0 Å². The van der Waals surface area contributed by atoms with E-state index in [0.29, 0.717) is 38.3 Å². The monoisotopic (exact) mass is 432 g/mol. The van der Waals surface area contributed by atoms with Gasteiger partial charge in [-0.15, -0.1) is 0 Å². The van der Waals surface area contributed by atoms with E-state index < -0.39 is 12.3 Å². The molecule has 0 radical (unpaired) electrons. The van der Waals surface area contributed by atoms with Crippen LogP contribution in [0, 0.1) is 0 Å². The summed E-state index contributed by atoms with van der Waals surface area (Å²) in [5, 5.41) is 8.23. The minimum Gasteiger partial charge on any atom is -0.354 e. The van der Waals surface area contributed by atoms with Gasteiger partial charge in [0, 0.05) is 36.6 Å². The SMILES string of the molecule is COC(CN1C(=O)c2[nH]nc(-c3ccc(Cl)cc3Cl)c2C1c1ccccn1)OC. The number of benzene rings is 1. The van der Waals surface area contributed by atoms with E-state index in [1.54, 1.807) is 29.3 Å². The van der Waals surface area contributed by atoms with Gasteiger partial charge < -0.3 is 14.4 Å². The van der Waals surface area contributed by atoms with Crippen LogP contribution < -0.4 is 0 Å². The van der Waals surface area contributed by atoms with Crippen molar-refractivity contribution < 1.29 is 14.3 Å². The maximum atomic E-state index is 13.2. The first-order valence-corrected chi connectivity index (χ1v) is 9.62. The number of H-pyrrole nitrogens is 1. The highest BCUT2D eigenvalue weighted by atomic mass is 35.5. The highest BCUT2D eigenvalue weighted by Gasteiger charge is 2.44. The number of pyridine rings is 1. The largest absolute Gasteiger partial charge is 0.354 e. The van der Waals surface area contributed by atoms with Crippen molar-refractivity contribution in [1.82, 2.24) is 20.1 Å². The standard InChI is InChI=1S/C20H18Cl2N4O3/c1-28-15(29-2)10-26-19(14-5-3-4-8-23-14)16-17(24-25-18(16)20(26)27)12-7-6-11(21)9-13(12)22/h3-9,15,19H,10H2,1-2H3,(H,24,25). The molecular weight excluding hydrogens is 415 g/mol. The number of aromatic amines is 1. The van der Waals surface area contributed by atoms with Crippen molar-refractivity contribution in [3.05, 3.63) is 69.6 Å². The zero-order valence-corrected chi connectivity index (χ0v) is 17.2. The summed E-state index contributed by atoms with van der Waals surface area (Å²) < 4.78 is 10.6. The third-order valence-corrected chi connectivity index (χ3v) is 5.44. The predicted molar refractivity (Wildman–Crippen MR) is 109 cm³/mol. The number of carbonyl (C=O) groups is 1. The summed E-state index contributed by atoms with van der Waals surface area (Å²) >= 11 is 12.5. The van der Waals surface area contributed by atoms with E-state index in [4.69, 9.17) is 32.7 Å². The molecule has 0 saturated carbocycles. The Balaban J connectivity index is 1.86. The van der Waals surface area contributed by atoms with E-state index in [0.717, 1.165) is 0 Å². The van der Waals surface area contributed by atoms with Crippen LogP contribution >= 0.6 is 23.2 Å². The van der Waals surface area contributed by atoms with Gasteiger partial charge in [-0.2, -0.15) is 5.10 Å². The molecule has 29 heavy (non-hydrogen) atoms. The maximum Gasteiger partial charge on any atom is 0.273 e. The molecule has 0 saturated heterocycles. The van der Waals surface area contributed by atoms with Crippen LogP contribution in [0.2, 0.25) is 10.0 Å². The van der Waals surface area contributed by atoms with Gasteiger partial charge in [-0.25, -0.2) is 0 Å². The number of nitrogens with one attached hydrogen (secondary N) is 1. The van der Waals surface area contributed by atoms with Crippen molar-refractivity contribution in [2.45, 2.75) is 12.3 Å². The number of ether oxygens (including phenoxy) is 2. The molecule has 9 heteroatoms. The van der Waals surface area contributed by atoms with E-state index in [2.05, 4.69) is 15.2 Å². The third-order valence-electron chi connectivity index (χ3n) is 4.89. The van der Waals surface area contributed by atoms with Gasteiger partial charge >= 0.3 is 0 Å². The number of amides is 1. The molecule has 1 atom stereocenters. The number of hydrogen-bond acceptors (Lipinski definition) is 5. The first-order valence-electron chi connectivity index (χ1n) is 8.86. The van der Waals surface area contributed by atoms with Crippen LogP contribution in [-0.4, -0.2) is 53.0 Å². The van der Waals surface area contributed by atoms with Crippen LogP contribution in [0.1, 0.15) is 27.8 Å². The Morgan fingerprint density at radius 2 is 2.00 bits per heavy atom. The van der Waals surface area contributed by atoms with Gasteiger partial charge in [0.2, 0.25) is 0 Å². The van der Waals surface area contributed by atoms with Gasteiger partial charge in [-0.1, -0.05) is 29.3 Å². The topological polar surface area (TPSA) is 80.3 Å². The molecule has 0 aliphatic carbocycles. The second-order valence-corrected chi connectivity index (χ2v) is 7.34. The van der Waals surface area contributed by atoms with Crippen LogP contribution in [0.25, 0.3) is 11.3 Å². The zero-order valence-electron chi connectivity index (χ0n) is 15.7. The minimum absolute atomic E-state index is 0.210. The summed E-state index contributed by atoms with van der Waals surface area (Å²) in [5.74, 6) is -0.210. The average molecular weight is 433 g/mol. The molecule has 1 N–H and O–H groups in total. The first kappa shape index (κ1) is 19.8. The first-order chi connectivity index (χ1) is 14.0. The van der Waals surface area contributed by atoms with Crippen LogP contribution in [0.15, 0.2) is 42.6 Å². The molecule has 0 fully saturated rings. The van der Waals surface area contributed by atoms with E-state index in [9.17, 15) is 4.79 Å². The Morgan fingerprint density at radius 1 is 1.21 bits per heavy atom. The molecule has 1 amide bonds. The Hall–Kier alpha value is -2.45. The molecule has 7 nitrogen and oxygen atoms in total. The van der Waals surface area contributed by atoms with E-state index in [1.165, 1.54) is 14.2 Å². The lowest BCUT2D eigenvalue weighted by Gasteiger charge is -2.28. The number of hydrogen-bond donors (Lipinski definition) is 1. The van der Waals surface area contributed by atoms with Gasteiger partial charge in [0.15, 0.2) is 6.29 Å². The molecule has 4 rings (SSSR count). The number of methoxy groups -OCH3 is 2. The van der Waals surface area contributed by atoms with Gasteiger partial charge in [-0.05, 0) is 30.3 Å². The van der Waals surface area contributed by atoms with Crippen molar-refractivity contribution in [1.29, 1.82) is 0 Å². The molecule has 2 aromatic heterocycles. The molecule has 1 aliphatic heterocycles. The summed E-state index contributed by atoms with van der Waals surface area (Å²) in [7, 11) is 3.06. The summed E-state index contributed by atoms with van der Waals surface area (Å²) in [4.78, 5) is 19.3. The van der Waals surface area contributed by atoms with Crippen LogP contribution in [0.4, 0.5) is 0 Å². The lowest BCUT2D eigenvalue weighted by atomic mass is 9.99. The fraction of sp³-hybridized carbons (Fsp3) is 0.250. The van der Waals surface area contributed by atoms with Gasteiger partial charge in [-0.3, -0.25) is 14.9 Å². The molecule has 0 bridgehead atoms. The van der Waals surface area contributed by atoms with Crippen molar-refractivity contribution in [3.8, 4) is 11.3 Å². The van der Waals surface area contributed by atoms with E-state index in [1.807, 2.05) is 18.2 Å². The fourth-order valence-electron chi connectivity index (χ4n) is 3.52. The Morgan fingerprint density at radius 3 is 2.66 bits per heavy atom. The summed E-state index contributed by atoms with van der Waals surface area (Å²) in [6.07, 6.45) is 1.11. The Bertz CT molecular complexity index is 1040. The predicted octanol–water partition coefficient (Wildman–Crippen LogP) is 3.94. The fourth-order valence-corrected chi connectivity index (χ4v) is 4.02. The highest BCUT2D eigenvalue weighted by molar-refractivity contribution is 6.36. The van der Waals surface area contributed by atoms with Crippen LogP contribution in [-0.2, 0) is 9.47 Å². The normalized spacial score (nSPS) is 16.0. The molecule has 0 spiro atoms. The van der Waals surface area contributed by atoms with Gasteiger partial charge in [0.25, 0.3) is 5.91 Å². The molecule has 1 unspecified atom stereocenters. The highest BCUT2D eigenvalue weighted by Crippen LogP contribution is 2.43. The quantitative estimate of drug-likeness (QED) is 0.596. The number of aromatic nitrogens is 3. The van der Waals surface area contributed by atoms with Gasteiger partial charge in [0.05, 0.1) is 17.3 Å². The Kier molecular flexibility index (Phi) is 5.56. The summed E-state index contributed by atoms with van der Waals surface area (Å²) in [6, 6.07) is 10.3. The second kappa shape index (κ2) is 8.12. The lowest BCUT2D eigenvalue weighted by molar-refractivity contribution is -0.113. The lowest BCUT2D eigenvalue weighted by Crippen LogP contribution is -2.38. The van der Waals surface area contributed by atoms with E-state index in [-0.39, 0.29) is 12.5 Å².